The maximum atomic E-state index is 11.7. The summed E-state index contributed by atoms with van der Waals surface area (Å²) in [5.74, 6) is -0.0862. The average molecular weight is 189 g/mol. The standard InChI is InChI=1S/C10H11N3O/c1-7-8(2)12-13(10(7)14)9-3-5-11-6-4-9/h3-7H,1-2H3. The minimum Gasteiger partial charge on any atom is -0.272 e. The molecule has 1 aliphatic heterocycles. The number of anilines is 1. The lowest BCUT2D eigenvalue weighted by atomic mass is 10.1. The van der Waals surface area contributed by atoms with Gasteiger partial charge in [-0.15, -0.1) is 0 Å². The maximum Gasteiger partial charge on any atom is 0.255 e. The van der Waals surface area contributed by atoms with E-state index >= 15 is 0 Å². The lowest BCUT2D eigenvalue weighted by Gasteiger charge is -2.11. The molecule has 1 atom stereocenters. The first-order valence-electron chi connectivity index (χ1n) is 4.49. The highest BCUT2D eigenvalue weighted by molar-refractivity contribution is 6.14. The Labute approximate surface area is 82.3 Å². The van der Waals surface area contributed by atoms with Crippen LogP contribution in [-0.2, 0) is 4.79 Å². The van der Waals surface area contributed by atoms with Crippen LogP contribution in [-0.4, -0.2) is 16.6 Å². The van der Waals surface area contributed by atoms with E-state index in [4.69, 9.17) is 0 Å². The summed E-state index contributed by atoms with van der Waals surface area (Å²) >= 11 is 0. The van der Waals surface area contributed by atoms with Gasteiger partial charge in [-0.2, -0.15) is 5.10 Å². The summed E-state index contributed by atoms with van der Waals surface area (Å²) in [6.45, 7) is 3.73. The smallest absolute Gasteiger partial charge is 0.255 e. The van der Waals surface area contributed by atoms with Crippen molar-refractivity contribution in [2.45, 2.75) is 13.8 Å². The third kappa shape index (κ3) is 1.28. The lowest BCUT2D eigenvalue weighted by molar-refractivity contribution is -0.119. The fourth-order valence-electron chi connectivity index (χ4n) is 1.33. The molecule has 0 radical (unpaired) electrons. The summed E-state index contributed by atoms with van der Waals surface area (Å²) in [4.78, 5) is 15.6. The SMILES string of the molecule is CC1=NN(c2ccncc2)C(=O)C1C. The molecule has 0 aliphatic carbocycles. The Hall–Kier alpha value is -1.71. The minimum absolute atomic E-state index is 0.0219. The summed E-state index contributed by atoms with van der Waals surface area (Å²) in [5, 5.41) is 5.63. The molecule has 4 nitrogen and oxygen atoms in total. The van der Waals surface area contributed by atoms with Crippen molar-refractivity contribution in [3.8, 4) is 0 Å². The van der Waals surface area contributed by atoms with Crippen molar-refractivity contribution in [2.24, 2.45) is 11.0 Å². The van der Waals surface area contributed by atoms with Crippen molar-refractivity contribution in [1.82, 2.24) is 4.98 Å². The average Bonchev–Trinajstić information content (AvgIpc) is 2.47. The predicted molar refractivity (Wildman–Crippen MR) is 54.0 cm³/mol. The Balaban J connectivity index is 2.35. The van der Waals surface area contributed by atoms with Gasteiger partial charge >= 0.3 is 0 Å². The zero-order chi connectivity index (χ0) is 10.1. The summed E-state index contributed by atoms with van der Waals surface area (Å²) in [7, 11) is 0. The molecule has 1 amide bonds. The van der Waals surface area contributed by atoms with E-state index in [0.29, 0.717) is 0 Å². The van der Waals surface area contributed by atoms with E-state index in [-0.39, 0.29) is 11.8 Å². The molecule has 72 valence electrons. The highest BCUT2D eigenvalue weighted by Gasteiger charge is 2.30. The van der Waals surface area contributed by atoms with Crippen LogP contribution in [0.15, 0.2) is 29.6 Å². The molecular formula is C10H11N3O. The van der Waals surface area contributed by atoms with E-state index in [9.17, 15) is 4.79 Å². The van der Waals surface area contributed by atoms with Crippen LogP contribution < -0.4 is 5.01 Å². The van der Waals surface area contributed by atoms with Gasteiger partial charge in [-0.3, -0.25) is 9.78 Å². The molecule has 0 fully saturated rings. The quantitative estimate of drug-likeness (QED) is 0.671. The molecule has 0 saturated carbocycles. The molecule has 1 aliphatic rings. The number of nitrogens with zero attached hydrogens (tertiary/aromatic N) is 3. The van der Waals surface area contributed by atoms with Crippen molar-refractivity contribution in [2.75, 3.05) is 5.01 Å². The van der Waals surface area contributed by atoms with Crippen molar-refractivity contribution >= 4 is 17.3 Å². The number of carbonyl (C=O) groups excluding carboxylic acids is 1. The van der Waals surface area contributed by atoms with Crippen LogP contribution in [0.1, 0.15) is 13.8 Å². The molecule has 1 aromatic rings. The fourth-order valence-corrected chi connectivity index (χ4v) is 1.33. The van der Waals surface area contributed by atoms with Crippen molar-refractivity contribution in [3.63, 3.8) is 0 Å². The highest BCUT2D eigenvalue weighted by Crippen LogP contribution is 2.22. The molecule has 1 unspecified atom stereocenters. The summed E-state index contributed by atoms with van der Waals surface area (Å²) in [6.07, 6.45) is 3.30. The Morgan fingerprint density at radius 2 is 2.00 bits per heavy atom. The van der Waals surface area contributed by atoms with Crippen LogP contribution >= 0.6 is 0 Å². The van der Waals surface area contributed by atoms with Crippen LogP contribution in [0, 0.1) is 5.92 Å². The first-order chi connectivity index (χ1) is 6.70. The normalized spacial score (nSPS) is 21.3. The van der Waals surface area contributed by atoms with Gasteiger partial charge in [-0.1, -0.05) is 0 Å². The van der Waals surface area contributed by atoms with E-state index in [1.807, 2.05) is 13.8 Å². The summed E-state index contributed by atoms with van der Waals surface area (Å²) in [5.41, 5.74) is 1.63. The number of aromatic nitrogens is 1. The Bertz CT molecular complexity index is 386. The second-order valence-corrected chi connectivity index (χ2v) is 3.32. The molecule has 0 N–H and O–H groups in total. The zero-order valence-corrected chi connectivity index (χ0v) is 8.14. The molecule has 0 bridgehead atoms. The number of hydrogen-bond donors (Lipinski definition) is 0. The first-order valence-corrected chi connectivity index (χ1v) is 4.49. The van der Waals surface area contributed by atoms with Crippen LogP contribution in [0.4, 0.5) is 5.69 Å². The number of amides is 1. The van der Waals surface area contributed by atoms with Gasteiger partial charge < -0.3 is 0 Å². The van der Waals surface area contributed by atoms with E-state index < -0.39 is 0 Å². The molecule has 4 heteroatoms. The predicted octanol–water partition coefficient (Wildman–Crippen LogP) is 1.44. The van der Waals surface area contributed by atoms with Gasteiger partial charge in [0.25, 0.3) is 5.91 Å². The summed E-state index contributed by atoms with van der Waals surface area (Å²) < 4.78 is 0. The number of carbonyl (C=O) groups is 1. The highest BCUT2D eigenvalue weighted by atomic mass is 16.2. The van der Waals surface area contributed by atoms with Crippen LogP contribution in [0.25, 0.3) is 0 Å². The maximum absolute atomic E-state index is 11.7. The van der Waals surface area contributed by atoms with E-state index in [0.717, 1.165) is 11.4 Å². The van der Waals surface area contributed by atoms with Gasteiger partial charge in [0, 0.05) is 18.1 Å². The number of hydrazone groups is 1. The van der Waals surface area contributed by atoms with E-state index in [1.165, 1.54) is 5.01 Å². The molecular weight excluding hydrogens is 178 g/mol. The molecule has 2 rings (SSSR count). The first kappa shape index (κ1) is 8.87. The van der Waals surface area contributed by atoms with Gasteiger partial charge in [0.2, 0.25) is 0 Å². The monoisotopic (exact) mass is 189 g/mol. The van der Waals surface area contributed by atoms with Crippen LogP contribution in [0.5, 0.6) is 0 Å². The molecule has 0 aromatic carbocycles. The fraction of sp³-hybridized carbons (Fsp3) is 0.300. The number of pyridine rings is 1. The van der Waals surface area contributed by atoms with Crippen molar-refractivity contribution < 1.29 is 4.79 Å². The van der Waals surface area contributed by atoms with E-state index in [2.05, 4.69) is 10.1 Å². The molecule has 1 aromatic heterocycles. The Morgan fingerprint density at radius 1 is 1.36 bits per heavy atom. The van der Waals surface area contributed by atoms with Gasteiger partial charge in [-0.25, -0.2) is 5.01 Å². The third-order valence-electron chi connectivity index (χ3n) is 2.37. The van der Waals surface area contributed by atoms with Crippen molar-refractivity contribution in [3.05, 3.63) is 24.5 Å². The van der Waals surface area contributed by atoms with E-state index in [1.54, 1.807) is 24.5 Å². The zero-order valence-electron chi connectivity index (χ0n) is 8.14. The molecule has 2 heterocycles. The largest absolute Gasteiger partial charge is 0.272 e. The van der Waals surface area contributed by atoms with Crippen molar-refractivity contribution in [1.29, 1.82) is 0 Å². The Morgan fingerprint density at radius 3 is 2.50 bits per heavy atom. The third-order valence-corrected chi connectivity index (χ3v) is 2.37. The van der Waals surface area contributed by atoms with Gasteiger partial charge in [0.1, 0.15) is 0 Å². The number of hydrogen-bond acceptors (Lipinski definition) is 3. The second-order valence-electron chi connectivity index (χ2n) is 3.32. The minimum atomic E-state index is -0.108. The number of rotatable bonds is 1. The summed E-state index contributed by atoms with van der Waals surface area (Å²) in [6, 6.07) is 3.54. The second kappa shape index (κ2) is 3.21. The van der Waals surface area contributed by atoms with Crippen LogP contribution in [0.3, 0.4) is 0 Å². The van der Waals surface area contributed by atoms with Gasteiger partial charge in [0.05, 0.1) is 11.6 Å². The van der Waals surface area contributed by atoms with Gasteiger partial charge in [-0.05, 0) is 26.0 Å². The molecule has 14 heavy (non-hydrogen) atoms. The molecule has 0 spiro atoms. The van der Waals surface area contributed by atoms with Crippen LogP contribution in [0.2, 0.25) is 0 Å². The lowest BCUT2D eigenvalue weighted by Crippen LogP contribution is -2.25. The molecule has 0 saturated heterocycles. The Kier molecular flexibility index (Phi) is 2.04. The van der Waals surface area contributed by atoms with Gasteiger partial charge in [0.15, 0.2) is 0 Å². The topological polar surface area (TPSA) is 45.6 Å².